The van der Waals surface area contributed by atoms with E-state index in [4.69, 9.17) is 5.73 Å². The first-order valence-electron chi connectivity index (χ1n) is 8.21. The largest absolute Gasteiger partial charge is 0.508 e. The molecule has 0 radical (unpaired) electrons. The topological polar surface area (TPSA) is 161 Å². The number of hydrogen-bond donors (Lipinski definition) is 3. The molecular formula is C17H19N5O6. The Morgan fingerprint density at radius 2 is 2.00 bits per heavy atom. The number of nitro groups is 1. The van der Waals surface area contributed by atoms with Crippen LogP contribution in [0.15, 0.2) is 36.4 Å². The molecule has 0 aliphatic carbocycles. The van der Waals surface area contributed by atoms with Gasteiger partial charge in [-0.25, -0.2) is 19.9 Å². The maximum atomic E-state index is 12.5. The van der Waals surface area contributed by atoms with Crippen LogP contribution in [0.4, 0.5) is 22.1 Å². The molecule has 2 rings (SSSR count). The van der Waals surface area contributed by atoms with E-state index in [1.165, 1.54) is 43.3 Å². The Labute approximate surface area is 159 Å². The molecule has 148 valence electrons. The van der Waals surface area contributed by atoms with Gasteiger partial charge < -0.3 is 20.9 Å². The Kier molecular flexibility index (Phi) is 6.32. The molecule has 0 bridgehead atoms. The number of ketones is 1. The lowest BCUT2D eigenvalue weighted by molar-refractivity contribution is -0.484. The number of nitrogens with two attached hydrogens (primary N) is 1. The van der Waals surface area contributed by atoms with E-state index in [2.05, 4.69) is 15.0 Å². The highest BCUT2D eigenvalue weighted by atomic mass is 16.7. The van der Waals surface area contributed by atoms with E-state index in [1.807, 2.05) is 0 Å². The summed E-state index contributed by atoms with van der Waals surface area (Å²) in [6.07, 6.45) is -1.22. The van der Waals surface area contributed by atoms with Gasteiger partial charge >= 0.3 is 6.09 Å². The van der Waals surface area contributed by atoms with Gasteiger partial charge in [0.2, 0.25) is 5.82 Å². The van der Waals surface area contributed by atoms with Crippen molar-refractivity contribution in [3.8, 4) is 5.75 Å². The van der Waals surface area contributed by atoms with Gasteiger partial charge in [-0.3, -0.25) is 4.79 Å². The van der Waals surface area contributed by atoms with Gasteiger partial charge in [-0.1, -0.05) is 0 Å². The highest BCUT2D eigenvalue weighted by Gasteiger charge is 2.30. The summed E-state index contributed by atoms with van der Waals surface area (Å²) in [5.74, 6) is -0.716. The summed E-state index contributed by atoms with van der Waals surface area (Å²) in [5.41, 5.74) is 6.29. The number of nitrogens with zero attached hydrogens (tertiary/aromatic N) is 3. The van der Waals surface area contributed by atoms with Gasteiger partial charge in [-0.05, 0) is 38.1 Å². The second-order valence-corrected chi connectivity index (χ2v) is 5.66. The van der Waals surface area contributed by atoms with Crippen molar-refractivity contribution < 1.29 is 24.5 Å². The maximum absolute atomic E-state index is 12.5. The molecule has 1 heterocycles. The number of nitrogens with one attached hydrogen (secondary N) is 1. The molecule has 1 amide bonds. The fraction of sp³-hybridized carbons (Fsp3) is 0.235. The lowest BCUT2D eigenvalue weighted by Gasteiger charge is -2.17. The van der Waals surface area contributed by atoms with Crippen LogP contribution in [0.3, 0.4) is 0 Å². The first-order valence-corrected chi connectivity index (χ1v) is 8.21. The van der Waals surface area contributed by atoms with Crippen LogP contribution in [0.1, 0.15) is 24.2 Å². The van der Waals surface area contributed by atoms with Gasteiger partial charge in [0.15, 0.2) is 10.8 Å². The molecule has 0 spiro atoms. The number of hydrogen-bond acceptors (Lipinski definition) is 9. The van der Waals surface area contributed by atoms with Crippen molar-refractivity contribution in [2.75, 3.05) is 22.7 Å². The van der Waals surface area contributed by atoms with Crippen molar-refractivity contribution in [2.24, 2.45) is 0 Å². The molecule has 0 aliphatic rings. The molecule has 11 nitrogen and oxygen atoms in total. The molecule has 0 saturated carbocycles. The van der Waals surface area contributed by atoms with Crippen molar-refractivity contribution in [1.82, 2.24) is 4.98 Å². The summed E-state index contributed by atoms with van der Waals surface area (Å²) in [5, 5.41) is 22.6. The number of hydrazine groups is 1. The van der Waals surface area contributed by atoms with Gasteiger partial charge in [-0.15, -0.1) is 0 Å². The molecule has 0 aliphatic heterocycles. The van der Waals surface area contributed by atoms with Crippen molar-refractivity contribution in [3.05, 3.63) is 52.1 Å². The zero-order valence-electron chi connectivity index (χ0n) is 15.2. The van der Waals surface area contributed by atoms with Crippen molar-refractivity contribution in [1.29, 1.82) is 0 Å². The van der Waals surface area contributed by atoms with E-state index in [-0.39, 0.29) is 40.5 Å². The van der Waals surface area contributed by atoms with E-state index in [0.29, 0.717) is 5.56 Å². The molecule has 1 aromatic carbocycles. The summed E-state index contributed by atoms with van der Waals surface area (Å²) in [6, 6.07) is 7.55. The molecule has 4 N–H and O–H groups in total. The number of carbonyl (C=O) groups excluding carboxylic acids is 2. The second-order valence-electron chi connectivity index (χ2n) is 5.66. The molecule has 11 heteroatoms. The first-order chi connectivity index (χ1) is 13.2. The number of carbonyl (C=O) groups is 2. The van der Waals surface area contributed by atoms with Crippen molar-refractivity contribution in [3.63, 3.8) is 0 Å². The van der Waals surface area contributed by atoms with Crippen molar-refractivity contribution >= 4 is 29.2 Å². The number of nitrogen functional groups attached to an aromatic ring is 1. The Hall–Kier alpha value is -3.89. The summed E-state index contributed by atoms with van der Waals surface area (Å²) in [7, 11) is 0. The van der Waals surface area contributed by atoms with E-state index >= 15 is 0 Å². The Bertz CT molecular complexity index is 886. The number of Topliss-reactive ketones (excluding diaryl/α,β-unsaturated/α-hetero) is 1. The SMILES string of the molecule is CCOC(=O)N(c1cc(NC(C)C(=O)c2ccc(O)cc2)cc(N)n1)[N+](=O)[O-]. The lowest BCUT2D eigenvalue weighted by Crippen LogP contribution is -2.37. The predicted molar refractivity (Wildman–Crippen MR) is 101 cm³/mol. The first kappa shape index (κ1) is 20.4. The number of ether oxygens (including phenoxy) is 1. The van der Waals surface area contributed by atoms with E-state index in [1.54, 1.807) is 6.92 Å². The molecule has 28 heavy (non-hydrogen) atoms. The quantitative estimate of drug-likeness (QED) is 0.366. The minimum Gasteiger partial charge on any atom is -0.508 e. The molecule has 1 atom stereocenters. The number of pyridine rings is 1. The molecular weight excluding hydrogens is 370 g/mol. The van der Waals surface area contributed by atoms with E-state index < -0.39 is 17.2 Å². The third kappa shape index (κ3) is 4.84. The van der Waals surface area contributed by atoms with Gasteiger partial charge in [0.1, 0.15) is 11.6 Å². The van der Waals surface area contributed by atoms with E-state index in [0.717, 1.165) is 0 Å². The number of anilines is 3. The summed E-state index contributed by atoms with van der Waals surface area (Å²) in [6.45, 7) is 3.03. The minimum atomic E-state index is -1.22. The number of rotatable bonds is 7. The molecule has 1 unspecified atom stereocenters. The van der Waals surface area contributed by atoms with Gasteiger partial charge in [0, 0.05) is 28.4 Å². The predicted octanol–water partition coefficient (Wildman–Crippen LogP) is 2.21. The normalized spacial score (nSPS) is 11.4. The smallest absolute Gasteiger partial charge is 0.474 e. The van der Waals surface area contributed by atoms with Crippen LogP contribution in [0.5, 0.6) is 5.75 Å². The fourth-order valence-corrected chi connectivity index (χ4v) is 2.35. The summed E-state index contributed by atoms with van der Waals surface area (Å²) < 4.78 is 4.66. The van der Waals surface area contributed by atoms with Gasteiger partial charge in [-0.2, -0.15) is 0 Å². The fourth-order valence-electron chi connectivity index (χ4n) is 2.35. The molecule has 0 saturated heterocycles. The molecule has 2 aromatic rings. The second kappa shape index (κ2) is 8.66. The lowest BCUT2D eigenvalue weighted by atomic mass is 10.1. The third-order valence-electron chi connectivity index (χ3n) is 3.58. The minimum absolute atomic E-state index is 0.0301. The van der Waals surface area contributed by atoms with Crippen LogP contribution in [-0.4, -0.2) is 39.6 Å². The number of benzene rings is 1. The number of amides is 1. The number of phenols is 1. The number of phenolic OH excluding ortho intramolecular Hbond substituents is 1. The van der Waals surface area contributed by atoms with Crippen LogP contribution in [0, 0.1) is 10.1 Å². The monoisotopic (exact) mass is 389 g/mol. The van der Waals surface area contributed by atoms with E-state index in [9.17, 15) is 24.8 Å². The average Bonchev–Trinajstić information content (AvgIpc) is 2.61. The Balaban J connectivity index is 2.26. The number of aromatic nitrogens is 1. The maximum Gasteiger partial charge on any atom is 0.474 e. The Morgan fingerprint density at radius 1 is 1.36 bits per heavy atom. The van der Waals surface area contributed by atoms with Crippen LogP contribution in [-0.2, 0) is 4.74 Å². The third-order valence-corrected chi connectivity index (χ3v) is 3.58. The van der Waals surface area contributed by atoms with Crippen LogP contribution in [0.2, 0.25) is 0 Å². The van der Waals surface area contributed by atoms with Gasteiger partial charge in [0.05, 0.1) is 12.6 Å². The average molecular weight is 389 g/mol. The standard InChI is InChI=1S/C17H19N5O6/c1-3-28-17(25)21(22(26)27)15-9-12(8-14(18)20-15)19-10(2)16(24)11-4-6-13(23)7-5-11/h4-10,23H,3H2,1-2H3,(H3,18,19,20). The molecule has 0 fully saturated rings. The Morgan fingerprint density at radius 3 is 2.57 bits per heavy atom. The van der Waals surface area contributed by atoms with Crippen LogP contribution >= 0.6 is 0 Å². The summed E-state index contributed by atoms with van der Waals surface area (Å²) in [4.78, 5) is 39.3. The van der Waals surface area contributed by atoms with Crippen LogP contribution in [0.25, 0.3) is 0 Å². The zero-order chi connectivity index (χ0) is 20.8. The van der Waals surface area contributed by atoms with Crippen LogP contribution < -0.4 is 16.1 Å². The number of aromatic hydroxyl groups is 1. The highest BCUT2D eigenvalue weighted by molar-refractivity contribution is 6.01. The van der Waals surface area contributed by atoms with Gasteiger partial charge in [0.25, 0.3) is 0 Å². The van der Waals surface area contributed by atoms with Crippen molar-refractivity contribution in [2.45, 2.75) is 19.9 Å². The highest BCUT2D eigenvalue weighted by Crippen LogP contribution is 2.22. The zero-order valence-corrected chi connectivity index (χ0v) is 15.2. The summed E-state index contributed by atoms with van der Waals surface area (Å²) >= 11 is 0. The molecule has 1 aromatic heterocycles.